The number of nitrogens with one attached hydrogen (secondary N) is 1. The van der Waals surface area contributed by atoms with Crippen LogP contribution in [0.1, 0.15) is 16.8 Å². The van der Waals surface area contributed by atoms with E-state index in [0.717, 1.165) is 10.9 Å². The van der Waals surface area contributed by atoms with Crippen molar-refractivity contribution in [3.8, 4) is 0 Å². The van der Waals surface area contributed by atoms with E-state index < -0.39 is 5.60 Å². The number of methoxy groups -OCH3 is 1. The Morgan fingerprint density at radius 3 is 2.95 bits per heavy atom. The average Bonchev–Trinajstić information content (AvgIpc) is 2.84. The first kappa shape index (κ1) is 14.3. The number of benzene rings is 1. The molecule has 1 unspecified atom stereocenters. The molecule has 1 aliphatic heterocycles. The molecule has 1 aromatic rings. The molecule has 0 saturated carbocycles. The normalized spacial score (nSPS) is 22.4. The van der Waals surface area contributed by atoms with Gasteiger partial charge in [-0.3, -0.25) is 4.79 Å². The third-order valence-electron chi connectivity index (χ3n) is 3.25. The third kappa shape index (κ3) is 3.46. The lowest BCUT2D eigenvalue weighted by Crippen LogP contribution is -2.45. The number of hydrogen-bond acceptors (Lipinski definition) is 4. The zero-order chi connectivity index (χ0) is 13.9. The second kappa shape index (κ2) is 5.90. The van der Waals surface area contributed by atoms with E-state index in [-0.39, 0.29) is 5.91 Å². The summed E-state index contributed by atoms with van der Waals surface area (Å²) in [6, 6.07) is 5.12. The summed E-state index contributed by atoms with van der Waals surface area (Å²) < 4.78 is 11.6. The van der Waals surface area contributed by atoms with E-state index in [1.54, 1.807) is 25.3 Å². The second-order valence-electron chi connectivity index (χ2n) is 4.65. The molecule has 1 amide bonds. The van der Waals surface area contributed by atoms with Crippen LogP contribution >= 0.6 is 15.9 Å². The van der Waals surface area contributed by atoms with Crippen molar-refractivity contribution < 1.29 is 14.3 Å². The summed E-state index contributed by atoms with van der Waals surface area (Å²) in [6.07, 6.45) is 0.782. The first-order chi connectivity index (χ1) is 9.04. The maximum absolute atomic E-state index is 12.1. The van der Waals surface area contributed by atoms with Gasteiger partial charge in [-0.05, 0) is 18.2 Å². The molecule has 1 saturated heterocycles. The third-order valence-corrected chi connectivity index (χ3v) is 3.71. The Morgan fingerprint density at radius 2 is 2.37 bits per heavy atom. The summed E-state index contributed by atoms with van der Waals surface area (Å²) in [7, 11) is 1.64. The first-order valence-electron chi connectivity index (χ1n) is 6.02. The fourth-order valence-electron chi connectivity index (χ4n) is 2.05. The van der Waals surface area contributed by atoms with E-state index in [4.69, 9.17) is 15.2 Å². The highest BCUT2D eigenvalue weighted by Crippen LogP contribution is 2.22. The molecule has 19 heavy (non-hydrogen) atoms. The van der Waals surface area contributed by atoms with Crippen molar-refractivity contribution in [1.82, 2.24) is 5.32 Å². The van der Waals surface area contributed by atoms with Crippen molar-refractivity contribution in [3.05, 3.63) is 28.2 Å². The van der Waals surface area contributed by atoms with Crippen LogP contribution in [0.4, 0.5) is 5.69 Å². The number of hydrogen-bond donors (Lipinski definition) is 2. The fraction of sp³-hybridized carbons (Fsp3) is 0.462. The van der Waals surface area contributed by atoms with E-state index in [9.17, 15) is 4.79 Å². The molecule has 1 heterocycles. The van der Waals surface area contributed by atoms with Crippen LogP contribution in [0.3, 0.4) is 0 Å². The minimum Gasteiger partial charge on any atom is -0.399 e. The number of anilines is 1. The monoisotopic (exact) mass is 328 g/mol. The van der Waals surface area contributed by atoms with Gasteiger partial charge in [-0.25, -0.2) is 0 Å². The summed E-state index contributed by atoms with van der Waals surface area (Å²) in [6.45, 7) is 1.59. The molecule has 2 rings (SSSR count). The lowest BCUT2D eigenvalue weighted by molar-refractivity contribution is -0.0148. The van der Waals surface area contributed by atoms with E-state index in [0.29, 0.717) is 31.0 Å². The Bertz CT molecular complexity index is 453. The molecule has 0 radical (unpaired) electrons. The zero-order valence-corrected chi connectivity index (χ0v) is 12.3. The molecule has 1 fully saturated rings. The summed E-state index contributed by atoms with van der Waals surface area (Å²) >= 11 is 3.32. The van der Waals surface area contributed by atoms with Crippen molar-refractivity contribution in [2.45, 2.75) is 12.0 Å². The number of rotatable bonds is 4. The van der Waals surface area contributed by atoms with E-state index >= 15 is 0 Å². The summed E-state index contributed by atoms with van der Waals surface area (Å²) in [5.74, 6) is -0.170. The molecule has 104 valence electrons. The highest BCUT2D eigenvalue weighted by Gasteiger charge is 2.35. The molecule has 6 heteroatoms. The predicted molar refractivity (Wildman–Crippen MR) is 76.1 cm³/mol. The maximum atomic E-state index is 12.1. The number of nitrogens with two attached hydrogens (primary N) is 1. The number of amides is 1. The van der Waals surface area contributed by atoms with E-state index in [1.807, 2.05) is 0 Å². The van der Waals surface area contributed by atoms with Gasteiger partial charge in [0.15, 0.2) is 0 Å². The van der Waals surface area contributed by atoms with Gasteiger partial charge in [0.05, 0.1) is 6.61 Å². The average molecular weight is 329 g/mol. The number of ether oxygens (including phenoxy) is 2. The Hall–Kier alpha value is -1.11. The number of nitrogen functional groups attached to an aromatic ring is 1. The molecule has 0 spiro atoms. The Kier molecular flexibility index (Phi) is 4.44. The van der Waals surface area contributed by atoms with Crippen LogP contribution in [0.5, 0.6) is 0 Å². The van der Waals surface area contributed by atoms with Gasteiger partial charge < -0.3 is 20.5 Å². The quantitative estimate of drug-likeness (QED) is 0.823. The van der Waals surface area contributed by atoms with Crippen LogP contribution < -0.4 is 11.1 Å². The molecule has 0 aromatic heterocycles. The number of halogens is 1. The smallest absolute Gasteiger partial charge is 0.251 e. The summed E-state index contributed by atoms with van der Waals surface area (Å²) in [5, 5.41) is 2.87. The Balaban J connectivity index is 2.01. The SMILES string of the molecule is COC1(CNC(=O)c2cc(N)cc(Br)c2)CCOC1. The van der Waals surface area contributed by atoms with Gasteiger partial charge >= 0.3 is 0 Å². The van der Waals surface area contributed by atoms with Crippen LogP contribution in [0, 0.1) is 0 Å². The number of carbonyl (C=O) groups excluding carboxylic acids is 1. The summed E-state index contributed by atoms with van der Waals surface area (Å²) in [4.78, 5) is 12.1. The lowest BCUT2D eigenvalue weighted by Gasteiger charge is -2.25. The molecule has 1 atom stereocenters. The molecule has 1 aromatic carbocycles. The molecule has 0 aliphatic carbocycles. The minimum absolute atomic E-state index is 0.170. The topological polar surface area (TPSA) is 73.6 Å². The highest BCUT2D eigenvalue weighted by atomic mass is 79.9. The van der Waals surface area contributed by atoms with Gasteiger partial charge in [-0.1, -0.05) is 15.9 Å². The van der Waals surface area contributed by atoms with Crippen LogP contribution in [-0.2, 0) is 9.47 Å². The van der Waals surface area contributed by atoms with Crippen LogP contribution in [-0.4, -0.2) is 38.4 Å². The maximum Gasteiger partial charge on any atom is 0.251 e. The predicted octanol–water partition coefficient (Wildman–Crippen LogP) is 1.57. The Morgan fingerprint density at radius 1 is 1.58 bits per heavy atom. The van der Waals surface area contributed by atoms with E-state index in [1.165, 1.54) is 0 Å². The molecule has 5 nitrogen and oxygen atoms in total. The van der Waals surface area contributed by atoms with Crippen molar-refractivity contribution in [2.75, 3.05) is 32.6 Å². The van der Waals surface area contributed by atoms with Crippen molar-refractivity contribution >= 4 is 27.5 Å². The number of carbonyl (C=O) groups is 1. The minimum atomic E-state index is -0.410. The highest BCUT2D eigenvalue weighted by molar-refractivity contribution is 9.10. The summed E-state index contributed by atoms with van der Waals surface area (Å²) in [5.41, 5.74) is 6.37. The van der Waals surface area contributed by atoms with E-state index in [2.05, 4.69) is 21.2 Å². The van der Waals surface area contributed by atoms with Gasteiger partial charge in [0.2, 0.25) is 0 Å². The molecule has 0 bridgehead atoms. The van der Waals surface area contributed by atoms with Crippen LogP contribution in [0.25, 0.3) is 0 Å². The van der Waals surface area contributed by atoms with Gasteiger partial charge in [-0.2, -0.15) is 0 Å². The second-order valence-corrected chi connectivity index (χ2v) is 5.56. The van der Waals surface area contributed by atoms with Gasteiger partial charge in [0, 0.05) is 42.4 Å². The van der Waals surface area contributed by atoms with Gasteiger partial charge in [0.1, 0.15) is 5.60 Å². The first-order valence-corrected chi connectivity index (χ1v) is 6.81. The van der Waals surface area contributed by atoms with Crippen LogP contribution in [0.2, 0.25) is 0 Å². The largest absolute Gasteiger partial charge is 0.399 e. The fourth-order valence-corrected chi connectivity index (χ4v) is 2.56. The van der Waals surface area contributed by atoms with Crippen molar-refractivity contribution in [1.29, 1.82) is 0 Å². The lowest BCUT2D eigenvalue weighted by atomic mass is 10.0. The molecular weight excluding hydrogens is 312 g/mol. The Labute approximate surface area is 120 Å². The van der Waals surface area contributed by atoms with Gasteiger partial charge in [0.25, 0.3) is 5.91 Å². The zero-order valence-electron chi connectivity index (χ0n) is 10.7. The van der Waals surface area contributed by atoms with Crippen molar-refractivity contribution in [2.24, 2.45) is 0 Å². The van der Waals surface area contributed by atoms with Gasteiger partial charge in [-0.15, -0.1) is 0 Å². The molecule has 3 N–H and O–H groups in total. The standard InChI is InChI=1S/C13H17BrN2O3/c1-18-13(2-3-19-8-13)7-16-12(17)9-4-10(14)6-11(15)5-9/h4-6H,2-3,7-8,15H2,1H3,(H,16,17). The molecule has 1 aliphatic rings. The molecular formula is C13H17BrN2O3. The van der Waals surface area contributed by atoms with Crippen LogP contribution in [0.15, 0.2) is 22.7 Å². The van der Waals surface area contributed by atoms with Crippen molar-refractivity contribution in [3.63, 3.8) is 0 Å².